The SMILES string of the molecule is COc1ccc(/C=C/C(=O)c2cnn(C)c2C)cc1CN1CCOCC1. The molecule has 0 saturated carbocycles. The number of allylic oxidation sites excluding steroid dienone is 1. The largest absolute Gasteiger partial charge is 0.496 e. The van der Waals surface area contributed by atoms with Crippen LogP contribution in [0.5, 0.6) is 5.75 Å². The van der Waals surface area contributed by atoms with Gasteiger partial charge in [0.05, 0.1) is 32.1 Å². The molecule has 1 fully saturated rings. The van der Waals surface area contributed by atoms with E-state index in [1.807, 2.05) is 32.2 Å². The smallest absolute Gasteiger partial charge is 0.189 e. The number of aryl methyl sites for hydroxylation is 1. The Hall–Kier alpha value is -2.44. The van der Waals surface area contributed by atoms with Crippen LogP contribution in [0.3, 0.4) is 0 Å². The molecule has 1 aromatic carbocycles. The normalized spacial score (nSPS) is 15.5. The fourth-order valence-corrected chi connectivity index (χ4v) is 3.03. The number of carbonyl (C=O) groups excluding carboxylic acids is 1. The molecule has 2 heterocycles. The molecule has 0 unspecified atom stereocenters. The van der Waals surface area contributed by atoms with E-state index in [1.54, 1.807) is 24.1 Å². The lowest BCUT2D eigenvalue weighted by Crippen LogP contribution is -2.35. The first-order valence-electron chi connectivity index (χ1n) is 8.76. The van der Waals surface area contributed by atoms with Crippen molar-refractivity contribution in [3.8, 4) is 5.75 Å². The van der Waals surface area contributed by atoms with Crippen LogP contribution in [0.2, 0.25) is 0 Å². The van der Waals surface area contributed by atoms with Gasteiger partial charge in [-0.05, 0) is 30.7 Å². The lowest BCUT2D eigenvalue weighted by Gasteiger charge is -2.27. The van der Waals surface area contributed by atoms with E-state index in [-0.39, 0.29) is 5.78 Å². The predicted octanol–water partition coefficient (Wildman–Crippen LogP) is 2.47. The van der Waals surface area contributed by atoms with Gasteiger partial charge in [0, 0.05) is 37.9 Å². The highest BCUT2D eigenvalue weighted by atomic mass is 16.5. The van der Waals surface area contributed by atoms with Gasteiger partial charge in [0.2, 0.25) is 0 Å². The van der Waals surface area contributed by atoms with Gasteiger partial charge in [-0.15, -0.1) is 0 Å². The molecule has 26 heavy (non-hydrogen) atoms. The first-order valence-corrected chi connectivity index (χ1v) is 8.76. The molecule has 0 spiro atoms. The number of ketones is 1. The maximum absolute atomic E-state index is 12.4. The second-order valence-electron chi connectivity index (χ2n) is 6.42. The molecule has 1 aliphatic heterocycles. The average molecular weight is 355 g/mol. The minimum Gasteiger partial charge on any atom is -0.496 e. The second-order valence-corrected chi connectivity index (χ2v) is 6.42. The third kappa shape index (κ3) is 4.20. The highest BCUT2D eigenvalue weighted by Crippen LogP contribution is 2.23. The van der Waals surface area contributed by atoms with Gasteiger partial charge in [-0.3, -0.25) is 14.4 Å². The molecule has 0 atom stereocenters. The van der Waals surface area contributed by atoms with Gasteiger partial charge in [-0.1, -0.05) is 12.1 Å². The molecule has 3 rings (SSSR count). The lowest BCUT2D eigenvalue weighted by molar-refractivity contribution is 0.0339. The number of benzene rings is 1. The number of nitrogens with zero attached hydrogens (tertiary/aromatic N) is 3. The third-order valence-electron chi connectivity index (χ3n) is 4.73. The molecule has 1 saturated heterocycles. The predicted molar refractivity (Wildman–Crippen MR) is 100 cm³/mol. The lowest BCUT2D eigenvalue weighted by atomic mass is 10.1. The zero-order valence-electron chi connectivity index (χ0n) is 15.6. The van der Waals surface area contributed by atoms with Gasteiger partial charge in [0.25, 0.3) is 0 Å². The van der Waals surface area contributed by atoms with Crippen molar-refractivity contribution in [2.24, 2.45) is 7.05 Å². The van der Waals surface area contributed by atoms with Crippen LogP contribution in [0.1, 0.15) is 27.2 Å². The quantitative estimate of drug-likeness (QED) is 0.588. The van der Waals surface area contributed by atoms with E-state index < -0.39 is 0 Å². The van der Waals surface area contributed by atoms with Crippen LogP contribution in [0, 0.1) is 6.92 Å². The zero-order valence-corrected chi connectivity index (χ0v) is 15.6. The molecule has 6 nitrogen and oxygen atoms in total. The summed E-state index contributed by atoms with van der Waals surface area (Å²) in [7, 11) is 3.51. The molecule has 0 aliphatic carbocycles. The Morgan fingerprint density at radius 3 is 2.77 bits per heavy atom. The Morgan fingerprint density at radius 1 is 1.35 bits per heavy atom. The van der Waals surface area contributed by atoms with Gasteiger partial charge in [0.1, 0.15) is 5.75 Å². The number of hydrogen-bond donors (Lipinski definition) is 0. The van der Waals surface area contributed by atoms with Gasteiger partial charge >= 0.3 is 0 Å². The van der Waals surface area contributed by atoms with E-state index in [1.165, 1.54) is 0 Å². The minimum atomic E-state index is -0.0406. The topological polar surface area (TPSA) is 56.6 Å². The maximum atomic E-state index is 12.4. The zero-order chi connectivity index (χ0) is 18.5. The van der Waals surface area contributed by atoms with Crippen LogP contribution < -0.4 is 4.74 Å². The number of methoxy groups -OCH3 is 1. The molecule has 6 heteroatoms. The fourth-order valence-electron chi connectivity index (χ4n) is 3.03. The van der Waals surface area contributed by atoms with E-state index in [0.29, 0.717) is 5.56 Å². The molecule has 1 aromatic heterocycles. The summed E-state index contributed by atoms with van der Waals surface area (Å²) in [5, 5.41) is 4.12. The van der Waals surface area contributed by atoms with Crippen molar-refractivity contribution in [3.05, 3.63) is 52.9 Å². The first kappa shape index (κ1) is 18.4. The molecule has 138 valence electrons. The second kappa shape index (κ2) is 8.29. The van der Waals surface area contributed by atoms with Crippen LogP contribution in [-0.4, -0.2) is 53.9 Å². The molecule has 0 amide bonds. The summed E-state index contributed by atoms with van der Waals surface area (Å²) in [6.07, 6.45) is 5.06. The monoisotopic (exact) mass is 355 g/mol. The van der Waals surface area contributed by atoms with Gasteiger partial charge in [-0.25, -0.2) is 0 Å². The number of rotatable bonds is 6. The number of hydrogen-bond acceptors (Lipinski definition) is 5. The standard InChI is InChI=1S/C20H25N3O3/c1-15-18(13-21-22(15)2)19(24)6-4-16-5-7-20(25-3)17(12-16)14-23-8-10-26-11-9-23/h4-7,12-13H,8-11,14H2,1-3H3/b6-4+. The summed E-state index contributed by atoms with van der Waals surface area (Å²) in [4.78, 5) is 14.7. The summed E-state index contributed by atoms with van der Waals surface area (Å²) in [6.45, 7) is 6.07. The maximum Gasteiger partial charge on any atom is 0.189 e. The molecule has 0 radical (unpaired) electrons. The van der Waals surface area contributed by atoms with Crippen molar-refractivity contribution >= 4 is 11.9 Å². The summed E-state index contributed by atoms with van der Waals surface area (Å²) >= 11 is 0. The van der Waals surface area contributed by atoms with Gasteiger partial charge in [0.15, 0.2) is 5.78 Å². The van der Waals surface area contributed by atoms with Gasteiger partial charge in [-0.2, -0.15) is 5.10 Å². The molecule has 1 aliphatic rings. The summed E-state index contributed by atoms with van der Waals surface area (Å²) < 4.78 is 12.6. The summed E-state index contributed by atoms with van der Waals surface area (Å²) in [5.74, 6) is 0.823. The van der Waals surface area contributed by atoms with Crippen molar-refractivity contribution < 1.29 is 14.3 Å². The first-order chi connectivity index (χ1) is 12.6. The van der Waals surface area contributed by atoms with Crippen LogP contribution in [0.25, 0.3) is 6.08 Å². The van der Waals surface area contributed by atoms with Crippen molar-refractivity contribution in [3.63, 3.8) is 0 Å². The Balaban J connectivity index is 1.76. The van der Waals surface area contributed by atoms with E-state index in [4.69, 9.17) is 9.47 Å². The van der Waals surface area contributed by atoms with E-state index >= 15 is 0 Å². The highest BCUT2D eigenvalue weighted by molar-refractivity contribution is 6.07. The minimum absolute atomic E-state index is 0.0406. The van der Waals surface area contributed by atoms with Crippen molar-refractivity contribution in [2.45, 2.75) is 13.5 Å². The van der Waals surface area contributed by atoms with Crippen LogP contribution in [0.4, 0.5) is 0 Å². The number of morpholine rings is 1. The third-order valence-corrected chi connectivity index (χ3v) is 4.73. The van der Waals surface area contributed by atoms with Crippen LogP contribution >= 0.6 is 0 Å². The van der Waals surface area contributed by atoms with E-state index in [9.17, 15) is 4.79 Å². The van der Waals surface area contributed by atoms with E-state index in [2.05, 4.69) is 16.1 Å². The molecular formula is C20H25N3O3. The Morgan fingerprint density at radius 2 is 2.12 bits per heavy atom. The fraction of sp³-hybridized carbons (Fsp3) is 0.400. The van der Waals surface area contributed by atoms with Crippen molar-refractivity contribution in [1.82, 2.24) is 14.7 Å². The number of carbonyl (C=O) groups is 1. The Kier molecular flexibility index (Phi) is 5.85. The van der Waals surface area contributed by atoms with Gasteiger partial charge < -0.3 is 9.47 Å². The Bertz CT molecular complexity index is 805. The summed E-state index contributed by atoms with van der Waals surface area (Å²) in [5.41, 5.74) is 3.58. The average Bonchev–Trinajstić information content (AvgIpc) is 3.00. The molecular weight excluding hydrogens is 330 g/mol. The molecule has 0 bridgehead atoms. The van der Waals surface area contributed by atoms with Crippen molar-refractivity contribution in [1.29, 1.82) is 0 Å². The number of ether oxygens (including phenoxy) is 2. The molecule has 2 aromatic rings. The Labute approximate surface area is 154 Å². The highest BCUT2D eigenvalue weighted by Gasteiger charge is 2.14. The van der Waals surface area contributed by atoms with E-state index in [0.717, 1.165) is 55.4 Å². The van der Waals surface area contributed by atoms with Crippen LogP contribution in [0.15, 0.2) is 30.5 Å². The van der Waals surface area contributed by atoms with Crippen LogP contribution in [-0.2, 0) is 18.3 Å². The number of aromatic nitrogens is 2. The summed E-state index contributed by atoms with van der Waals surface area (Å²) in [6, 6.07) is 5.99. The molecule has 0 N–H and O–H groups in total. The van der Waals surface area contributed by atoms with Crippen molar-refractivity contribution in [2.75, 3.05) is 33.4 Å².